The van der Waals surface area contributed by atoms with Crippen LogP contribution in [0.1, 0.15) is 41.0 Å². The lowest BCUT2D eigenvalue weighted by Crippen LogP contribution is -2.59. The molecule has 0 rings (SSSR count). The molecule has 27 heavy (non-hydrogen) atoms. The maximum Gasteiger partial charge on any atom is 0.325 e. The Bertz CT molecular complexity index is 543. The van der Waals surface area contributed by atoms with E-state index in [0.717, 1.165) is 0 Å². The predicted molar refractivity (Wildman–Crippen MR) is 105 cm³/mol. The van der Waals surface area contributed by atoms with Gasteiger partial charge in [-0.25, -0.2) is 0 Å². The Labute approximate surface area is 165 Å². The molecule has 5 atom stereocenters. The molecule has 0 bridgehead atoms. The highest BCUT2D eigenvalue weighted by molar-refractivity contribution is 7.80. The summed E-state index contributed by atoms with van der Waals surface area (Å²) in [5.74, 6) is -3.17. The number of amides is 3. The van der Waals surface area contributed by atoms with Gasteiger partial charge in [0.25, 0.3) is 0 Å². The number of rotatable bonds is 11. The first-order chi connectivity index (χ1) is 12.5. The molecule has 6 N–H and O–H groups in total. The zero-order chi connectivity index (χ0) is 21.3. The van der Waals surface area contributed by atoms with Gasteiger partial charge in [-0.1, -0.05) is 34.1 Å². The summed E-state index contributed by atoms with van der Waals surface area (Å²) >= 11 is 3.97. The third kappa shape index (κ3) is 8.17. The molecule has 0 saturated heterocycles. The molecule has 10 heteroatoms. The molecule has 0 aliphatic carbocycles. The lowest BCUT2D eigenvalue weighted by molar-refractivity contribution is -0.142. The van der Waals surface area contributed by atoms with Gasteiger partial charge in [0.2, 0.25) is 17.7 Å². The second-order valence-electron chi connectivity index (χ2n) is 6.96. The van der Waals surface area contributed by atoms with Crippen LogP contribution in [0.2, 0.25) is 0 Å². The quantitative estimate of drug-likeness (QED) is 0.256. The summed E-state index contributed by atoms with van der Waals surface area (Å²) < 4.78 is 0. The Morgan fingerprint density at radius 3 is 1.81 bits per heavy atom. The van der Waals surface area contributed by atoms with Crippen LogP contribution < -0.4 is 21.7 Å². The average molecular weight is 405 g/mol. The molecular formula is C17H32N4O5S. The SMILES string of the molecule is CCC(C)C(NC(=O)C(N)CS)C(=O)NC(C(=O)NC(C)C(=O)O)C(C)C. The first kappa shape index (κ1) is 25.2. The minimum atomic E-state index is -1.18. The molecule has 3 amide bonds. The van der Waals surface area contributed by atoms with Gasteiger partial charge in [0, 0.05) is 5.75 Å². The van der Waals surface area contributed by atoms with Crippen LogP contribution in [0.15, 0.2) is 0 Å². The Morgan fingerprint density at radius 2 is 1.41 bits per heavy atom. The summed E-state index contributed by atoms with van der Waals surface area (Å²) in [6, 6.07) is -3.76. The van der Waals surface area contributed by atoms with Crippen LogP contribution in [-0.2, 0) is 19.2 Å². The van der Waals surface area contributed by atoms with Crippen molar-refractivity contribution < 1.29 is 24.3 Å². The number of nitrogens with one attached hydrogen (secondary N) is 3. The molecule has 0 aliphatic rings. The van der Waals surface area contributed by atoms with Gasteiger partial charge in [0.05, 0.1) is 6.04 Å². The first-order valence-corrected chi connectivity index (χ1v) is 9.59. The fourth-order valence-electron chi connectivity index (χ4n) is 2.19. The van der Waals surface area contributed by atoms with Crippen LogP contribution in [0.4, 0.5) is 0 Å². The smallest absolute Gasteiger partial charge is 0.325 e. The summed E-state index contributed by atoms with van der Waals surface area (Å²) in [7, 11) is 0. The van der Waals surface area contributed by atoms with Crippen LogP contribution in [0.3, 0.4) is 0 Å². The molecule has 0 aliphatic heterocycles. The van der Waals surface area contributed by atoms with Crippen molar-refractivity contribution >= 4 is 36.3 Å². The van der Waals surface area contributed by atoms with E-state index in [1.807, 2.05) is 6.92 Å². The van der Waals surface area contributed by atoms with Gasteiger partial charge in [-0.3, -0.25) is 19.2 Å². The van der Waals surface area contributed by atoms with Crippen molar-refractivity contribution in [1.82, 2.24) is 16.0 Å². The number of carboxylic acids is 1. The topological polar surface area (TPSA) is 151 Å². The number of carboxylic acid groups (broad SMARTS) is 1. The highest BCUT2D eigenvalue weighted by Gasteiger charge is 2.32. The van der Waals surface area contributed by atoms with E-state index in [1.54, 1.807) is 20.8 Å². The summed E-state index contributed by atoms with van der Waals surface area (Å²) in [6.45, 7) is 8.46. The van der Waals surface area contributed by atoms with Gasteiger partial charge >= 0.3 is 5.97 Å². The molecule has 0 radical (unpaired) electrons. The molecule has 156 valence electrons. The van der Waals surface area contributed by atoms with Crippen molar-refractivity contribution in [1.29, 1.82) is 0 Å². The molecule has 5 unspecified atom stereocenters. The molecule has 0 saturated carbocycles. The lowest BCUT2D eigenvalue weighted by atomic mass is 9.96. The highest BCUT2D eigenvalue weighted by atomic mass is 32.1. The molecule has 0 heterocycles. The van der Waals surface area contributed by atoms with Crippen molar-refractivity contribution in [3.8, 4) is 0 Å². The van der Waals surface area contributed by atoms with Gasteiger partial charge in [0.15, 0.2) is 0 Å². The Morgan fingerprint density at radius 1 is 0.926 bits per heavy atom. The third-order valence-electron chi connectivity index (χ3n) is 4.30. The van der Waals surface area contributed by atoms with E-state index in [2.05, 4.69) is 28.6 Å². The summed E-state index contributed by atoms with van der Waals surface area (Å²) in [5, 5.41) is 16.5. The van der Waals surface area contributed by atoms with Crippen LogP contribution in [0.5, 0.6) is 0 Å². The predicted octanol–water partition coefficient (Wildman–Crippen LogP) is -0.495. The van der Waals surface area contributed by atoms with Crippen molar-refractivity contribution in [2.75, 3.05) is 5.75 Å². The van der Waals surface area contributed by atoms with E-state index < -0.39 is 47.9 Å². The van der Waals surface area contributed by atoms with Crippen molar-refractivity contribution in [2.45, 2.75) is 65.2 Å². The van der Waals surface area contributed by atoms with Crippen molar-refractivity contribution in [3.63, 3.8) is 0 Å². The minimum Gasteiger partial charge on any atom is -0.480 e. The van der Waals surface area contributed by atoms with Crippen LogP contribution in [0.25, 0.3) is 0 Å². The zero-order valence-corrected chi connectivity index (χ0v) is 17.4. The number of hydrogen-bond donors (Lipinski definition) is 6. The number of carbonyl (C=O) groups is 4. The Balaban J connectivity index is 5.30. The van der Waals surface area contributed by atoms with Gasteiger partial charge in [-0.2, -0.15) is 12.6 Å². The average Bonchev–Trinajstić information content (AvgIpc) is 2.61. The number of carbonyl (C=O) groups excluding carboxylic acids is 3. The monoisotopic (exact) mass is 404 g/mol. The molecule has 0 aromatic rings. The van der Waals surface area contributed by atoms with E-state index in [-0.39, 0.29) is 17.6 Å². The Kier molecular flexibility index (Phi) is 11.0. The van der Waals surface area contributed by atoms with Crippen molar-refractivity contribution in [2.24, 2.45) is 17.6 Å². The third-order valence-corrected chi connectivity index (χ3v) is 4.70. The molecular weight excluding hydrogens is 372 g/mol. The first-order valence-electron chi connectivity index (χ1n) is 8.96. The number of aliphatic carboxylic acids is 1. The Hall–Kier alpha value is -1.81. The number of nitrogens with two attached hydrogens (primary N) is 1. The van der Waals surface area contributed by atoms with E-state index in [1.165, 1.54) is 6.92 Å². The fraction of sp³-hybridized carbons (Fsp3) is 0.765. The van der Waals surface area contributed by atoms with E-state index in [4.69, 9.17) is 10.8 Å². The van der Waals surface area contributed by atoms with Gasteiger partial charge < -0.3 is 26.8 Å². The number of thiol groups is 1. The van der Waals surface area contributed by atoms with Gasteiger partial charge in [-0.15, -0.1) is 0 Å². The second-order valence-corrected chi connectivity index (χ2v) is 7.32. The standard InChI is InChI=1S/C17H32N4O5S/c1-6-9(4)13(21-14(22)11(18)7-27)16(24)20-12(8(2)3)15(23)19-10(5)17(25)26/h8-13,27H,6-7,18H2,1-5H3,(H,19,23)(H,20,24)(H,21,22)(H,25,26). The normalized spacial score (nSPS) is 16.6. The molecule has 0 spiro atoms. The zero-order valence-electron chi connectivity index (χ0n) is 16.5. The molecule has 0 aromatic carbocycles. The largest absolute Gasteiger partial charge is 0.480 e. The van der Waals surface area contributed by atoms with Gasteiger partial charge in [-0.05, 0) is 18.8 Å². The van der Waals surface area contributed by atoms with E-state index in [0.29, 0.717) is 6.42 Å². The molecule has 9 nitrogen and oxygen atoms in total. The van der Waals surface area contributed by atoms with E-state index in [9.17, 15) is 19.2 Å². The number of hydrogen-bond acceptors (Lipinski definition) is 6. The maximum atomic E-state index is 12.7. The van der Waals surface area contributed by atoms with Gasteiger partial charge in [0.1, 0.15) is 18.1 Å². The second kappa shape index (κ2) is 11.8. The minimum absolute atomic E-state index is 0.130. The molecule has 0 aromatic heterocycles. The summed E-state index contributed by atoms with van der Waals surface area (Å²) in [5.41, 5.74) is 5.65. The highest BCUT2D eigenvalue weighted by Crippen LogP contribution is 2.11. The van der Waals surface area contributed by atoms with Crippen LogP contribution in [-0.4, -0.2) is 58.7 Å². The van der Waals surface area contributed by atoms with Crippen LogP contribution >= 0.6 is 12.6 Å². The molecule has 0 fully saturated rings. The fourth-order valence-corrected chi connectivity index (χ4v) is 2.35. The van der Waals surface area contributed by atoms with Crippen molar-refractivity contribution in [3.05, 3.63) is 0 Å². The van der Waals surface area contributed by atoms with Crippen LogP contribution in [0, 0.1) is 11.8 Å². The van der Waals surface area contributed by atoms with E-state index >= 15 is 0 Å². The maximum absolute atomic E-state index is 12.7. The summed E-state index contributed by atoms with van der Waals surface area (Å²) in [4.78, 5) is 48.1. The summed E-state index contributed by atoms with van der Waals surface area (Å²) in [6.07, 6.45) is 0.614. The lowest BCUT2D eigenvalue weighted by Gasteiger charge is -2.29.